The maximum Gasteiger partial charge on any atom is 0.271 e. The monoisotopic (exact) mass is 511 g/mol. The minimum Gasteiger partial charge on any atom is -0.273 e. The van der Waals surface area contributed by atoms with Crippen LogP contribution in [0.3, 0.4) is 0 Å². The Bertz CT molecular complexity index is 1350. The number of nitrogens with zero attached hydrogens (tertiary/aromatic N) is 3. The van der Waals surface area contributed by atoms with E-state index in [-0.39, 0.29) is 10.7 Å². The molecule has 2 amide bonds. The van der Waals surface area contributed by atoms with Crippen molar-refractivity contribution >= 4 is 52.1 Å². The zero-order valence-corrected chi connectivity index (χ0v) is 19.9. The van der Waals surface area contributed by atoms with Crippen molar-refractivity contribution in [2.24, 2.45) is 5.92 Å². The molecule has 0 N–H and O–H groups in total. The van der Waals surface area contributed by atoms with E-state index in [1.54, 1.807) is 12.1 Å². The van der Waals surface area contributed by atoms with Gasteiger partial charge in [0, 0.05) is 12.1 Å². The van der Waals surface area contributed by atoms with Crippen molar-refractivity contribution in [1.29, 1.82) is 0 Å². The number of aryl methyl sites for hydroxylation is 1. The summed E-state index contributed by atoms with van der Waals surface area (Å²) in [4.78, 5) is 45.0. The van der Waals surface area contributed by atoms with Crippen molar-refractivity contribution in [3.63, 3.8) is 0 Å². The summed E-state index contributed by atoms with van der Waals surface area (Å²) in [6, 6.07) is 17.4. The van der Waals surface area contributed by atoms with Crippen LogP contribution >= 0.6 is 23.2 Å². The largest absolute Gasteiger partial charge is 0.273 e. The SMILES string of the molecule is CCc1ccc([C@@H]2[C@@H]3C(=O)N(c4ccc(Cl)c(Cl)c4)C(=O)[C@@H]3ON2c2cccc([N+](=O)[O-])c2)cc1. The molecule has 0 unspecified atom stereocenters. The lowest BCUT2D eigenvalue weighted by Crippen LogP contribution is -2.37. The van der Waals surface area contributed by atoms with E-state index < -0.39 is 34.8 Å². The molecule has 2 fully saturated rings. The van der Waals surface area contributed by atoms with E-state index in [4.69, 9.17) is 28.0 Å². The Morgan fingerprint density at radius 1 is 0.943 bits per heavy atom. The van der Waals surface area contributed by atoms with Gasteiger partial charge in [0.25, 0.3) is 11.6 Å². The van der Waals surface area contributed by atoms with Crippen LogP contribution in [0, 0.1) is 16.0 Å². The zero-order chi connectivity index (χ0) is 24.9. The third kappa shape index (κ3) is 3.93. The molecule has 0 bridgehead atoms. The van der Waals surface area contributed by atoms with Crippen LogP contribution in [0.4, 0.5) is 17.1 Å². The molecule has 0 radical (unpaired) electrons. The number of amides is 2. The Morgan fingerprint density at radius 2 is 1.69 bits per heavy atom. The highest BCUT2D eigenvalue weighted by Gasteiger charge is 2.60. The number of imide groups is 1. The van der Waals surface area contributed by atoms with E-state index in [1.807, 2.05) is 31.2 Å². The first-order valence-corrected chi connectivity index (χ1v) is 11.7. The number of hydrogen-bond donors (Lipinski definition) is 0. The predicted molar refractivity (Wildman–Crippen MR) is 131 cm³/mol. The van der Waals surface area contributed by atoms with E-state index in [0.29, 0.717) is 16.4 Å². The molecule has 8 nitrogen and oxygen atoms in total. The quantitative estimate of drug-likeness (QED) is 0.254. The summed E-state index contributed by atoms with van der Waals surface area (Å²) in [7, 11) is 0. The highest BCUT2D eigenvalue weighted by Crippen LogP contribution is 2.48. The lowest BCUT2D eigenvalue weighted by molar-refractivity contribution is -0.384. The van der Waals surface area contributed by atoms with Gasteiger partial charge in [0.05, 0.1) is 32.4 Å². The Labute approximate surface area is 210 Å². The first kappa shape index (κ1) is 23.3. The van der Waals surface area contributed by atoms with Crippen LogP contribution in [-0.4, -0.2) is 22.8 Å². The number of carbonyl (C=O) groups is 2. The maximum absolute atomic E-state index is 13.7. The molecule has 2 saturated heterocycles. The molecule has 0 spiro atoms. The van der Waals surface area contributed by atoms with Crippen LogP contribution in [0.25, 0.3) is 0 Å². The van der Waals surface area contributed by atoms with Gasteiger partial charge in [-0.3, -0.25) is 24.5 Å². The molecule has 2 aliphatic rings. The Morgan fingerprint density at radius 3 is 2.34 bits per heavy atom. The summed E-state index contributed by atoms with van der Waals surface area (Å²) in [6.07, 6.45) is -0.267. The Balaban J connectivity index is 1.59. The second kappa shape index (κ2) is 8.96. The van der Waals surface area contributed by atoms with E-state index in [2.05, 4.69) is 0 Å². The van der Waals surface area contributed by atoms with Crippen molar-refractivity contribution < 1.29 is 19.3 Å². The summed E-state index contributed by atoms with van der Waals surface area (Å²) in [5.74, 6) is -1.86. The molecule has 0 saturated carbocycles. The second-order valence-electron chi connectivity index (χ2n) is 8.30. The lowest BCUT2D eigenvalue weighted by atomic mass is 9.90. The van der Waals surface area contributed by atoms with Gasteiger partial charge in [-0.05, 0) is 41.8 Å². The summed E-state index contributed by atoms with van der Waals surface area (Å²) in [5.41, 5.74) is 2.41. The van der Waals surface area contributed by atoms with Gasteiger partial charge in [-0.15, -0.1) is 0 Å². The van der Waals surface area contributed by atoms with Crippen molar-refractivity contribution in [3.05, 3.63) is 98.0 Å². The number of benzene rings is 3. The number of fused-ring (bicyclic) bond motifs is 1. The van der Waals surface area contributed by atoms with Gasteiger partial charge in [0.2, 0.25) is 5.91 Å². The molecule has 3 aromatic carbocycles. The number of carbonyl (C=O) groups excluding carboxylic acids is 2. The molecule has 3 atom stereocenters. The number of hydrogen-bond acceptors (Lipinski definition) is 6. The highest BCUT2D eigenvalue weighted by atomic mass is 35.5. The van der Waals surface area contributed by atoms with Crippen molar-refractivity contribution in [1.82, 2.24) is 0 Å². The van der Waals surface area contributed by atoms with E-state index in [9.17, 15) is 19.7 Å². The lowest BCUT2D eigenvalue weighted by Gasteiger charge is -2.28. The zero-order valence-electron chi connectivity index (χ0n) is 18.4. The van der Waals surface area contributed by atoms with Crippen molar-refractivity contribution in [2.45, 2.75) is 25.5 Å². The fourth-order valence-electron chi connectivity index (χ4n) is 4.55. The minimum absolute atomic E-state index is 0.127. The third-order valence-electron chi connectivity index (χ3n) is 6.30. The molecule has 35 heavy (non-hydrogen) atoms. The predicted octanol–water partition coefficient (Wildman–Crippen LogP) is 5.52. The Kier molecular flexibility index (Phi) is 5.96. The van der Waals surface area contributed by atoms with Crippen molar-refractivity contribution in [2.75, 3.05) is 9.96 Å². The fourth-order valence-corrected chi connectivity index (χ4v) is 4.84. The van der Waals surface area contributed by atoms with Crippen LogP contribution in [-0.2, 0) is 20.8 Å². The molecule has 178 valence electrons. The van der Waals surface area contributed by atoms with E-state index in [0.717, 1.165) is 22.4 Å². The van der Waals surface area contributed by atoms with Gasteiger partial charge < -0.3 is 0 Å². The first-order valence-electron chi connectivity index (χ1n) is 10.9. The van der Waals surface area contributed by atoms with Gasteiger partial charge in [0.1, 0.15) is 5.92 Å². The molecule has 2 heterocycles. The summed E-state index contributed by atoms with van der Waals surface area (Å²) in [5, 5.41) is 13.3. The van der Waals surface area contributed by atoms with Crippen LogP contribution < -0.4 is 9.96 Å². The normalized spacial score (nSPS) is 21.5. The summed E-state index contributed by atoms with van der Waals surface area (Å²) >= 11 is 12.1. The molecule has 5 rings (SSSR count). The van der Waals surface area contributed by atoms with Gasteiger partial charge in [-0.1, -0.05) is 60.5 Å². The van der Waals surface area contributed by atoms with Crippen LogP contribution in [0.2, 0.25) is 10.0 Å². The van der Waals surface area contributed by atoms with E-state index >= 15 is 0 Å². The smallest absolute Gasteiger partial charge is 0.271 e. The van der Waals surface area contributed by atoms with Gasteiger partial charge >= 0.3 is 0 Å². The summed E-state index contributed by atoms with van der Waals surface area (Å²) in [6.45, 7) is 2.04. The van der Waals surface area contributed by atoms with Crippen LogP contribution in [0.5, 0.6) is 0 Å². The van der Waals surface area contributed by atoms with E-state index in [1.165, 1.54) is 35.4 Å². The first-order chi connectivity index (χ1) is 16.8. The van der Waals surface area contributed by atoms with Crippen molar-refractivity contribution in [3.8, 4) is 0 Å². The second-order valence-corrected chi connectivity index (χ2v) is 9.12. The molecule has 0 aliphatic carbocycles. The number of hydroxylamine groups is 1. The molecule has 0 aromatic heterocycles. The highest BCUT2D eigenvalue weighted by molar-refractivity contribution is 6.42. The molecule has 3 aromatic rings. The third-order valence-corrected chi connectivity index (χ3v) is 7.04. The van der Waals surface area contributed by atoms with Gasteiger partial charge in [-0.2, -0.15) is 0 Å². The molecular weight excluding hydrogens is 493 g/mol. The average molecular weight is 512 g/mol. The number of nitro groups is 1. The average Bonchev–Trinajstić information content (AvgIpc) is 3.37. The molecular formula is C25H19Cl2N3O5. The van der Waals surface area contributed by atoms with Crippen LogP contribution in [0.1, 0.15) is 24.1 Å². The standard InChI is InChI=1S/C25H19Cl2N3O5/c1-2-14-6-8-15(9-7-14)22-21-23(35-29(22)17-4-3-5-18(12-17)30(33)34)25(32)28(24(21)31)16-10-11-19(26)20(27)13-16/h3-13,21-23H,2H2,1H3/t21-,22+,23+/m0/s1. The van der Waals surface area contributed by atoms with Gasteiger partial charge in [0.15, 0.2) is 6.10 Å². The minimum atomic E-state index is -1.10. The number of anilines is 2. The molecule has 2 aliphatic heterocycles. The van der Waals surface area contributed by atoms with Crippen LogP contribution in [0.15, 0.2) is 66.7 Å². The number of rotatable bonds is 5. The maximum atomic E-state index is 13.7. The van der Waals surface area contributed by atoms with Gasteiger partial charge in [-0.25, -0.2) is 9.96 Å². The molecule has 10 heteroatoms. The fraction of sp³-hybridized carbons (Fsp3) is 0.200. The Hall–Kier alpha value is -3.46. The number of non-ortho nitro benzene ring substituents is 1. The summed E-state index contributed by atoms with van der Waals surface area (Å²) < 4.78 is 0. The topological polar surface area (TPSA) is 93.0 Å². The number of nitro benzene ring substituents is 1. The number of halogens is 2.